The predicted molar refractivity (Wildman–Crippen MR) is 50.0 cm³/mol. The zero-order chi connectivity index (χ0) is 13.1. The molecule has 94 valence electrons. The van der Waals surface area contributed by atoms with Crippen molar-refractivity contribution in [2.24, 2.45) is 10.2 Å². The van der Waals surface area contributed by atoms with Gasteiger partial charge in [0.1, 0.15) is 10.2 Å². The van der Waals surface area contributed by atoms with Gasteiger partial charge < -0.3 is 0 Å². The number of nitro groups is 2. The third kappa shape index (κ3) is 2.43. The Bertz CT molecular complexity index is 650. The molecular weight excluding hydrogens is 252 g/mol. The maximum absolute atomic E-state index is 10.1. The molecule has 0 bridgehead atoms. The van der Waals surface area contributed by atoms with Crippen LogP contribution in [0.1, 0.15) is 0 Å². The molecule has 0 aliphatic rings. The van der Waals surface area contributed by atoms with Gasteiger partial charge in [0.05, 0.1) is 0 Å². The number of H-pyrrole nitrogens is 4. The van der Waals surface area contributed by atoms with Gasteiger partial charge in [-0.15, -0.1) is 0 Å². The fourth-order valence-corrected chi connectivity index (χ4v) is 1.03. The lowest BCUT2D eigenvalue weighted by Gasteiger charge is -1.82. The van der Waals surface area contributed by atoms with Gasteiger partial charge in [-0.1, -0.05) is 0 Å². The minimum atomic E-state index is -0.932. The summed E-state index contributed by atoms with van der Waals surface area (Å²) in [6.45, 7) is 0. The molecule has 0 saturated heterocycles. The summed E-state index contributed by atoms with van der Waals surface area (Å²) < 4.78 is 0. The van der Waals surface area contributed by atoms with Gasteiger partial charge in [-0.3, -0.25) is 20.4 Å². The van der Waals surface area contributed by atoms with E-state index < -0.39 is 10.1 Å². The Morgan fingerprint density at radius 1 is 0.833 bits per heavy atom. The van der Waals surface area contributed by atoms with Gasteiger partial charge >= 0.3 is 11.2 Å². The second kappa shape index (κ2) is 4.28. The number of aromatic amines is 4. The highest BCUT2D eigenvalue weighted by atomic mass is 16.7. The maximum atomic E-state index is 10.1. The van der Waals surface area contributed by atoms with Crippen LogP contribution in [0.4, 0.5) is 0 Å². The first-order chi connectivity index (χ1) is 8.54. The highest BCUT2D eigenvalue weighted by Crippen LogP contribution is 1.99. The van der Waals surface area contributed by atoms with E-state index in [9.17, 15) is 20.2 Å². The SMILES string of the molecule is O=[N+]([O-])/N=c1/nc(-c2n/c(=N\[N+](=O)[O-])[nH][nH]2)[nH][nH]1. The van der Waals surface area contributed by atoms with Gasteiger partial charge in [-0.2, -0.15) is 9.97 Å². The topological polar surface area (TPSA) is 200 Å². The van der Waals surface area contributed by atoms with Crippen LogP contribution in [0.15, 0.2) is 10.2 Å². The normalized spacial score (nSPS) is 12.9. The van der Waals surface area contributed by atoms with E-state index in [1.54, 1.807) is 0 Å². The Kier molecular flexibility index (Phi) is 2.65. The molecular formula is C4H4N10O4. The molecule has 2 aromatic heterocycles. The van der Waals surface area contributed by atoms with E-state index in [1.165, 1.54) is 0 Å². The lowest BCUT2D eigenvalue weighted by atomic mass is 10.6. The zero-order valence-corrected chi connectivity index (χ0v) is 8.32. The van der Waals surface area contributed by atoms with E-state index in [0.29, 0.717) is 0 Å². The van der Waals surface area contributed by atoms with Crippen molar-refractivity contribution in [2.45, 2.75) is 0 Å². The van der Waals surface area contributed by atoms with Crippen molar-refractivity contribution < 1.29 is 10.1 Å². The molecule has 14 nitrogen and oxygen atoms in total. The fraction of sp³-hybridized carbons (Fsp3) is 0. The second-order valence-electron chi connectivity index (χ2n) is 2.74. The quantitative estimate of drug-likeness (QED) is 0.349. The largest absolute Gasteiger partial charge is 0.315 e. The minimum Gasteiger partial charge on any atom is -0.278 e. The molecule has 0 aromatic carbocycles. The summed E-state index contributed by atoms with van der Waals surface area (Å²) in [7, 11) is 0. The van der Waals surface area contributed by atoms with Crippen LogP contribution in [-0.4, -0.2) is 40.4 Å². The summed E-state index contributed by atoms with van der Waals surface area (Å²) in [6.07, 6.45) is 0. The van der Waals surface area contributed by atoms with E-state index in [-0.39, 0.29) is 22.9 Å². The molecule has 0 fully saturated rings. The maximum Gasteiger partial charge on any atom is 0.315 e. The Hall–Kier alpha value is -3.32. The second-order valence-corrected chi connectivity index (χ2v) is 2.74. The molecule has 0 aliphatic carbocycles. The van der Waals surface area contributed by atoms with Crippen LogP contribution in [0, 0.1) is 20.2 Å². The molecule has 2 rings (SSSR count). The van der Waals surface area contributed by atoms with Gasteiger partial charge in [0.2, 0.25) is 0 Å². The number of nitrogens with zero attached hydrogens (tertiary/aromatic N) is 6. The molecule has 4 N–H and O–H groups in total. The van der Waals surface area contributed by atoms with E-state index >= 15 is 0 Å². The molecule has 2 heterocycles. The Labute approximate surface area is 94.8 Å². The first-order valence-electron chi connectivity index (χ1n) is 4.22. The number of hydrogen-bond acceptors (Lipinski definition) is 6. The van der Waals surface area contributed by atoms with E-state index in [2.05, 4.69) is 40.6 Å². The number of nitrogens with one attached hydrogen (secondary N) is 4. The van der Waals surface area contributed by atoms with Crippen molar-refractivity contribution in [2.75, 3.05) is 0 Å². The van der Waals surface area contributed by atoms with E-state index in [1.807, 2.05) is 0 Å². The van der Waals surface area contributed by atoms with Crippen LogP contribution in [-0.2, 0) is 0 Å². The molecule has 0 amide bonds. The highest BCUT2D eigenvalue weighted by molar-refractivity contribution is 5.39. The van der Waals surface area contributed by atoms with Gasteiger partial charge in [-0.25, -0.2) is 20.2 Å². The van der Waals surface area contributed by atoms with Crippen molar-refractivity contribution in [1.29, 1.82) is 0 Å². The van der Waals surface area contributed by atoms with Crippen molar-refractivity contribution in [1.82, 2.24) is 30.4 Å². The van der Waals surface area contributed by atoms with E-state index in [0.717, 1.165) is 0 Å². The van der Waals surface area contributed by atoms with Gasteiger partial charge in [0, 0.05) is 0 Å². The highest BCUT2D eigenvalue weighted by Gasteiger charge is 2.07. The summed E-state index contributed by atoms with van der Waals surface area (Å²) in [4.78, 5) is 27.5. The van der Waals surface area contributed by atoms with E-state index in [4.69, 9.17) is 0 Å². The van der Waals surface area contributed by atoms with Crippen molar-refractivity contribution in [3.8, 4) is 11.6 Å². The smallest absolute Gasteiger partial charge is 0.278 e. The summed E-state index contributed by atoms with van der Waals surface area (Å²) in [5, 5.41) is 33.6. The van der Waals surface area contributed by atoms with Crippen molar-refractivity contribution >= 4 is 0 Å². The van der Waals surface area contributed by atoms with Gasteiger partial charge in [-0.05, 0) is 0 Å². The standard InChI is InChI=1S/C4H4N10O4/c15-13(16)11-3-5-1(7-9-3)2-6-4(10-8-2)12-14(17)18/h(H2,5,7,9,11)(H2,6,8,10,12). The molecule has 0 radical (unpaired) electrons. The molecule has 0 unspecified atom stereocenters. The Morgan fingerprint density at radius 3 is 1.56 bits per heavy atom. The average molecular weight is 256 g/mol. The first kappa shape index (κ1) is 11.2. The lowest BCUT2D eigenvalue weighted by molar-refractivity contribution is -0.491. The number of hydrogen-bond donors (Lipinski definition) is 4. The van der Waals surface area contributed by atoms with Crippen LogP contribution < -0.4 is 11.2 Å². The molecule has 0 aliphatic heterocycles. The van der Waals surface area contributed by atoms with Crippen LogP contribution in [0.25, 0.3) is 11.6 Å². The Morgan fingerprint density at radius 2 is 1.22 bits per heavy atom. The number of aromatic nitrogens is 6. The zero-order valence-electron chi connectivity index (χ0n) is 8.32. The van der Waals surface area contributed by atoms with Crippen LogP contribution >= 0.6 is 0 Å². The Balaban J connectivity index is 2.38. The van der Waals surface area contributed by atoms with Crippen LogP contribution in [0.2, 0.25) is 0 Å². The third-order valence-electron chi connectivity index (χ3n) is 1.60. The third-order valence-corrected chi connectivity index (χ3v) is 1.60. The molecule has 0 saturated carbocycles. The van der Waals surface area contributed by atoms with Gasteiger partial charge in [0.15, 0.2) is 21.7 Å². The lowest BCUT2D eigenvalue weighted by Crippen LogP contribution is -2.10. The average Bonchev–Trinajstić information content (AvgIpc) is 2.85. The predicted octanol–water partition coefficient (Wildman–Crippen LogP) is -2.36. The molecule has 18 heavy (non-hydrogen) atoms. The monoisotopic (exact) mass is 256 g/mol. The number of rotatable bonds is 3. The molecule has 2 aromatic rings. The molecule has 0 atom stereocenters. The van der Waals surface area contributed by atoms with Crippen LogP contribution in [0.5, 0.6) is 0 Å². The van der Waals surface area contributed by atoms with Crippen molar-refractivity contribution in [3.63, 3.8) is 0 Å². The summed E-state index contributed by atoms with van der Waals surface area (Å²) >= 11 is 0. The molecule has 0 spiro atoms. The fourth-order valence-electron chi connectivity index (χ4n) is 1.03. The van der Waals surface area contributed by atoms with Crippen LogP contribution in [0.3, 0.4) is 0 Å². The molecule has 14 heteroatoms. The van der Waals surface area contributed by atoms with Gasteiger partial charge in [0.25, 0.3) is 0 Å². The summed E-state index contributed by atoms with van der Waals surface area (Å²) in [5.74, 6) is 0.133. The van der Waals surface area contributed by atoms with Crippen molar-refractivity contribution in [3.05, 3.63) is 31.5 Å². The first-order valence-corrected chi connectivity index (χ1v) is 4.22. The summed E-state index contributed by atoms with van der Waals surface area (Å²) in [6, 6.07) is 0. The summed E-state index contributed by atoms with van der Waals surface area (Å²) in [5.41, 5.74) is -0.557. The minimum absolute atomic E-state index is 0.0663.